The highest BCUT2D eigenvalue weighted by molar-refractivity contribution is 6.12. The molecule has 0 aliphatic carbocycles. The van der Waals surface area contributed by atoms with Gasteiger partial charge in [-0.15, -0.1) is 0 Å². The van der Waals surface area contributed by atoms with Crippen molar-refractivity contribution in [3.8, 4) is 11.1 Å². The molecule has 4 rings (SSSR count). The SMILES string of the molecule is COCc1c(C(=O)NOC)ncc2[nH]c3ccc(-c4ccccc4)cc3c12. The van der Waals surface area contributed by atoms with Crippen LogP contribution >= 0.6 is 0 Å². The van der Waals surface area contributed by atoms with Gasteiger partial charge in [0.1, 0.15) is 5.69 Å². The molecule has 0 fully saturated rings. The maximum absolute atomic E-state index is 12.4. The van der Waals surface area contributed by atoms with Gasteiger partial charge >= 0.3 is 0 Å². The van der Waals surface area contributed by atoms with Gasteiger partial charge in [0.2, 0.25) is 0 Å². The Kier molecular flexibility index (Phi) is 4.58. The molecule has 0 spiro atoms. The Hall–Kier alpha value is -3.22. The third-order valence-corrected chi connectivity index (χ3v) is 4.54. The number of hydrogen-bond acceptors (Lipinski definition) is 4. The second kappa shape index (κ2) is 7.19. The average molecular weight is 361 g/mol. The number of methoxy groups -OCH3 is 1. The first kappa shape index (κ1) is 17.2. The standard InChI is InChI=1S/C21H19N3O3/c1-26-12-16-19-15-10-14(13-6-4-3-5-7-13)8-9-17(15)23-18(19)11-22-20(16)21(25)24-27-2/h3-11,23H,12H2,1-2H3,(H,24,25). The summed E-state index contributed by atoms with van der Waals surface area (Å²) in [6.07, 6.45) is 1.67. The van der Waals surface area contributed by atoms with Gasteiger partial charge in [-0.3, -0.25) is 9.63 Å². The molecule has 0 saturated carbocycles. The van der Waals surface area contributed by atoms with Gasteiger partial charge in [-0.05, 0) is 23.3 Å². The molecule has 0 radical (unpaired) electrons. The minimum absolute atomic E-state index is 0.263. The van der Waals surface area contributed by atoms with E-state index >= 15 is 0 Å². The fourth-order valence-corrected chi connectivity index (χ4v) is 3.39. The lowest BCUT2D eigenvalue weighted by molar-refractivity contribution is 0.0528. The fourth-order valence-electron chi connectivity index (χ4n) is 3.39. The van der Waals surface area contributed by atoms with Crippen LogP contribution in [-0.4, -0.2) is 30.1 Å². The summed E-state index contributed by atoms with van der Waals surface area (Å²) >= 11 is 0. The van der Waals surface area contributed by atoms with Crippen LogP contribution in [-0.2, 0) is 16.2 Å². The van der Waals surface area contributed by atoms with Crippen molar-refractivity contribution in [3.05, 3.63) is 66.0 Å². The molecule has 1 amide bonds. The summed E-state index contributed by atoms with van der Waals surface area (Å²) in [7, 11) is 2.99. The van der Waals surface area contributed by atoms with E-state index in [1.165, 1.54) is 7.11 Å². The molecule has 6 nitrogen and oxygen atoms in total. The monoisotopic (exact) mass is 361 g/mol. The zero-order chi connectivity index (χ0) is 18.8. The summed E-state index contributed by atoms with van der Waals surface area (Å²) < 4.78 is 5.36. The van der Waals surface area contributed by atoms with Crippen molar-refractivity contribution in [2.45, 2.75) is 6.61 Å². The number of hydrogen-bond donors (Lipinski definition) is 2. The first-order chi connectivity index (χ1) is 13.2. The smallest absolute Gasteiger partial charge is 0.293 e. The van der Waals surface area contributed by atoms with Crippen LogP contribution in [0.4, 0.5) is 0 Å². The highest BCUT2D eigenvalue weighted by Crippen LogP contribution is 2.33. The highest BCUT2D eigenvalue weighted by Gasteiger charge is 2.19. The number of ether oxygens (including phenoxy) is 1. The van der Waals surface area contributed by atoms with Crippen molar-refractivity contribution in [2.24, 2.45) is 0 Å². The Labute approximate surface area is 156 Å². The summed E-state index contributed by atoms with van der Waals surface area (Å²) in [5.74, 6) is -0.403. The number of nitrogens with zero attached hydrogens (tertiary/aromatic N) is 1. The molecule has 0 unspecified atom stereocenters. The van der Waals surface area contributed by atoms with Crippen LogP contribution in [0.3, 0.4) is 0 Å². The van der Waals surface area contributed by atoms with Crippen LogP contribution in [0.15, 0.2) is 54.7 Å². The van der Waals surface area contributed by atoms with Gasteiger partial charge in [-0.1, -0.05) is 36.4 Å². The molecule has 6 heteroatoms. The van der Waals surface area contributed by atoms with Gasteiger partial charge < -0.3 is 9.72 Å². The van der Waals surface area contributed by atoms with E-state index in [0.29, 0.717) is 0 Å². The number of benzene rings is 2. The summed E-state index contributed by atoms with van der Waals surface area (Å²) in [5, 5.41) is 1.95. The number of aromatic nitrogens is 2. The van der Waals surface area contributed by atoms with Crippen LogP contribution in [0.2, 0.25) is 0 Å². The average Bonchev–Trinajstić information content (AvgIpc) is 3.07. The van der Waals surface area contributed by atoms with Gasteiger partial charge in [-0.2, -0.15) is 0 Å². The van der Waals surface area contributed by atoms with Crippen molar-refractivity contribution in [2.75, 3.05) is 14.2 Å². The summed E-state index contributed by atoms with van der Waals surface area (Å²) in [6, 6.07) is 16.4. The van der Waals surface area contributed by atoms with Crippen LogP contribution in [0, 0.1) is 0 Å². The quantitative estimate of drug-likeness (QED) is 0.530. The van der Waals surface area contributed by atoms with Crippen LogP contribution in [0.5, 0.6) is 0 Å². The Bertz CT molecular complexity index is 1120. The minimum atomic E-state index is -0.403. The van der Waals surface area contributed by atoms with Crippen molar-refractivity contribution >= 4 is 27.7 Å². The van der Waals surface area contributed by atoms with Crippen molar-refractivity contribution < 1.29 is 14.4 Å². The lowest BCUT2D eigenvalue weighted by Gasteiger charge is -2.09. The van der Waals surface area contributed by atoms with Crippen LogP contribution in [0.25, 0.3) is 32.9 Å². The third kappa shape index (κ3) is 3.05. The lowest BCUT2D eigenvalue weighted by atomic mass is 10.0. The summed E-state index contributed by atoms with van der Waals surface area (Å²) in [5.41, 5.74) is 7.42. The van der Waals surface area contributed by atoms with E-state index in [1.54, 1.807) is 13.3 Å². The van der Waals surface area contributed by atoms with Crippen molar-refractivity contribution in [1.82, 2.24) is 15.4 Å². The van der Waals surface area contributed by atoms with E-state index in [1.807, 2.05) is 24.3 Å². The molecule has 0 saturated heterocycles. The van der Waals surface area contributed by atoms with Gasteiger partial charge in [0, 0.05) is 29.0 Å². The Balaban J connectivity index is 1.98. The maximum atomic E-state index is 12.4. The van der Waals surface area contributed by atoms with E-state index in [-0.39, 0.29) is 12.3 Å². The molecule has 2 N–H and O–H groups in total. The molecular weight excluding hydrogens is 342 g/mol. The molecule has 0 aliphatic heterocycles. The first-order valence-electron chi connectivity index (χ1n) is 8.54. The number of H-pyrrole nitrogens is 1. The number of nitrogens with one attached hydrogen (secondary N) is 2. The third-order valence-electron chi connectivity index (χ3n) is 4.54. The number of rotatable bonds is 5. The number of fused-ring (bicyclic) bond motifs is 3. The number of pyridine rings is 1. The summed E-state index contributed by atoms with van der Waals surface area (Å²) in [4.78, 5) is 24.8. The van der Waals surface area contributed by atoms with Crippen molar-refractivity contribution in [3.63, 3.8) is 0 Å². The fraction of sp³-hybridized carbons (Fsp3) is 0.143. The second-order valence-electron chi connectivity index (χ2n) is 6.19. The van der Waals surface area contributed by atoms with Crippen LogP contribution < -0.4 is 5.48 Å². The molecule has 2 aromatic carbocycles. The van der Waals surface area contributed by atoms with Crippen molar-refractivity contribution in [1.29, 1.82) is 0 Å². The summed E-state index contributed by atoms with van der Waals surface area (Å²) in [6.45, 7) is 0.263. The van der Waals surface area contributed by atoms with E-state index in [9.17, 15) is 4.79 Å². The van der Waals surface area contributed by atoms with Gasteiger partial charge in [0.15, 0.2) is 0 Å². The van der Waals surface area contributed by atoms with Gasteiger partial charge in [-0.25, -0.2) is 10.5 Å². The number of amides is 1. The predicted octanol–water partition coefficient (Wildman–Crippen LogP) is 3.82. The molecule has 0 atom stereocenters. The molecule has 2 aromatic heterocycles. The molecule has 27 heavy (non-hydrogen) atoms. The van der Waals surface area contributed by atoms with E-state index in [0.717, 1.165) is 38.5 Å². The molecule has 4 aromatic rings. The molecule has 0 aliphatic rings. The molecular formula is C21H19N3O3. The van der Waals surface area contributed by atoms with E-state index in [2.05, 4.69) is 39.7 Å². The largest absolute Gasteiger partial charge is 0.380 e. The van der Waals surface area contributed by atoms with Crippen LogP contribution in [0.1, 0.15) is 16.1 Å². The highest BCUT2D eigenvalue weighted by atomic mass is 16.6. The Morgan fingerprint density at radius 1 is 1.07 bits per heavy atom. The molecule has 2 heterocycles. The minimum Gasteiger partial charge on any atom is -0.380 e. The first-order valence-corrected chi connectivity index (χ1v) is 8.54. The number of carbonyl (C=O) groups is 1. The Morgan fingerprint density at radius 2 is 1.89 bits per heavy atom. The Morgan fingerprint density at radius 3 is 2.63 bits per heavy atom. The maximum Gasteiger partial charge on any atom is 0.293 e. The van der Waals surface area contributed by atoms with E-state index < -0.39 is 5.91 Å². The number of hydroxylamine groups is 1. The number of aromatic amines is 1. The molecule has 136 valence electrons. The van der Waals surface area contributed by atoms with Gasteiger partial charge in [0.25, 0.3) is 5.91 Å². The lowest BCUT2D eigenvalue weighted by Crippen LogP contribution is -2.24. The zero-order valence-electron chi connectivity index (χ0n) is 15.1. The normalized spacial score (nSPS) is 11.2. The van der Waals surface area contributed by atoms with Gasteiger partial charge in [0.05, 0.1) is 25.4 Å². The second-order valence-corrected chi connectivity index (χ2v) is 6.19. The number of carbonyl (C=O) groups excluding carboxylic acids is 1. The zero-order valence-corrected chi connectivity index (χ0v) is 15.1. The molecule has 0 bridgehead atoms. The topological polar surface area (TPSA) is 76.2 Å². The van der Waals surface area contributed by atoms with E-state index in [4.69, 9.17) is 9.57 Å². The predicted molar refractivity (Wildman–Crippen MR) is 104 cm³/mol.